The minimum Gasteiger partial charge on any atom is -0.482 e. The zero-order chi connectivity index (χ0) is 16.3. The fourth-order valence-corrected chi connectivity index (χ4v) is 2.82. The van der Waals surface area contributed by atoms with Crippen molar-refractivity contribution in [2.45, 2.75) is 20.0 Å². The smallest absolute Gasteiger partial charge is 0.422 e. The molecule has 1 aromatic heterocycles. The van der Waals surface area contributed by atoms with Crippen molar-refractivity contribution in [2.24, 2.45) is 0 Å². The van der Waals surface area contributed by atoms with Crippen LogP contribution in [0.4, 0.5) is 18.9 Å². The summed E-state index contributed by atoms with van der Waals surface area (Å²) in [6.45, 7) is 2.30. The molecule has 0 aliphatic carbocycles. The molecule has 0 aliphatic rings. The fourth-order valence-electron chi connectivity index (χ4n) is 1.90. The summed E-state index contributed by atoms with van der Waals surface area (Å²) in [7, 11) is 0. The van der Waals surface area contributed by atoms with Gasteiger partial charge in [0.2, 0.25) is 0 Å². The second kappa shape index (κ2) is 6.39. The summed E-state index contributed by atoms with van der Waals surface area (Å²) in [6.07, 6.45) is -4.43. The Labute approximate surface area is 129 Å². The van der Waals surface area contributed by atoms with Gasteiger partial charge in [0.15, 0.2) is 6.61 Å². The molecule has 1 aromatic carbocycles. The van der Waals surface area contributed by atoms with E-state index in [1.165, 1.54) is 23.5 Å². The number of para-hydroxylation sites is 2. The average molecular weight is 329 g/mol. The van der Waals surface area contributed by atoms with Gasteiger partial charge in [0, 0.05) is 9.75 Å². The molecular weight excluding hydrogens is 315 g/mol. The van der Waals surface area contributed by atoms with Gasteiger partial charge in [-0.1, -0.05) is 12.1 Å². The van der Waals surface area contributed by atoms with E-state index in [0.29, 0.717) is 5.56 Å². The molecule has 118 valence electrons. The Hall–Kier alpha value is -2.02. The number of carbonyl (C=O) groups excluding carboxylic acids is 1. The fraction of sp³-hybridized carbons (Fsp3) is 0.267. The van der Waals surface area contributed by atoms with Gasteiger partial charge in [-0.25, -0.2) is 0 Å². The molecule has 7 heteroatoms. The van der Waals surface area contributed by atoms with E-state index in [2.05, 4.69) is 5.32 Å². The quantitative estimate of drug-likeness (QED) is 0.893. The first kappa shape index (κ1) is 16.4. The number of rotatable bonds is 4. The van der Waals surface area contributed by atoms with Gasteiger partial charge in [0.1, 0.15) is 5.75 Å². The number of aryl methyl sites for hydroxylation is 2. The number of carbonyl (C=O) groups is 1. The highest BCUT2D eigenvalue weighted by Gasteiger charge is 2.29. The highest BCUT2D eigenvalue weighted by atomic mass is 32.1. The maximum absolute atomic E-state index is 12.2. The van der Waals surface area contributed by atoms with Crippen molar-refractivity contribution in [1.29, 1.82) is 0 Å². The third kappa shape index (κ3) is 4.24. The molecule has 0 spiro atoms. The molecule has 0 bridgehead atoms. The van der Waals surface area contributed by atoms with Gasteiger partial charge in [-0.15, -0.1) is 11.3 Å². The summed E-state index contributed by atoms with van der Waals surface area (Å²) in [6, 6.07) is 7.78. The molecular formula is C15H14F3NO2S. The average Bonchev–Trinajstić information content (AvgIpc) is 2.76. The molecule has 0 saturated carbocycles. The van der Waals surface area contributed by atoms with Gasteiger partial charge < -0.3 is 10.1 Å². The van der Waals surface area contributed by atoms with Crippen molar-refractivity contribution in [2.75, 3.05) is 11.9 Å². The maximum Gasteiger partial charge on any atom is 0.422 e. The second-order valence-electron chi connectivity index (χ2n) is 4.68. The first-order valence-corrected chi connectivity index (χ1v) is 7.25. The van der Waals surface area contributed by atoms with E-state index in [1.54, 1.807) is 18.2 Å². The summed E-state index contributed by atoms with van der Waals surface area (Å²) in [5.74, 6) is -0.386. The van der Waals surface area contributed by atoms with Crippen LogP contribution in [-0.2, 0) is 0 Å². The Morgan fingerprint density at radius 2 is 1.95 bits per heavy atom. The van der Waals surface area contributed by atoms with Crippen LogP contribution in [0.2, 0.25) is 0 Å². The number of ether oxygens (including phenoxy) is 1. The number of amides is 1. The summed E-state index contributed by atoms with van der Waals surface area (Å²) in [4.78, 5) is 14.1. The van der Waals surface area contributed by atoms with Crippen LogP contribution in [0.1, 0.15) is 20.1 Å². The number of nitrogens with one attached hydrogen (secondary N) is 1. The molecule has 2 aromatic rings. The lowest BCUT2D eigenvalue weighted by molar-refractivity contribution is -0.153. The Morgan fingerprint density at radius 3 is 2.55 bits per heavy atom. The van der Waals surface area contributed by atoms with E-state index >= 15 is 0 Å². The molecule has 22 heavy (non-hydrogen) atoms. The monoisotopic (exact) mass is 329 g/mol. The van der Waals surface area contributed by atoms with Crippen molar-refractivity contribution in [3.05, 3.63) is 45.6 Å². The predicted molar refractivity (Wildman–Crippen MR) is 79.7 cm³/mol. The van der Waals surface area contributed by atoms with Crippen molar-refractivity contribution in [3.63, 3.8) is 0 Å². The molecule has 1 amide bonds. The largest absolute Gasteiger partial charge is 0.482 e. The number of anilines is 1. The molecule has 0 radical (unpaired) electrons. The van der Waals surface area contributed by atoms with Gasteiger partial charge in [0.05, 0.1) is 11.3 Å². The Morgan fingerprint density at radius 1 is 1.27 bits per heavy atom. The number of alkyl halides is 3. The first-order valence-electron chi connectivity index (χ1n) is 6.43. The van der Waals surface area contributed by atoms with Crippen molar-refractivity contribution >= 4 is 22.9 Å². The van der Waals surface area contributed by atoms with Crippen LogP contribution < -0.4 is 10.1 Å². The van der Waals surface area contributed by atoms with Gasteiger partial charge in [0.25, 0.3) is 5.91 Å². The minimum atomic E-state index is -4.43. The van der Waals surface area contributed by atoms with Gasteiger partial charge in [-0.05, 0) is 32.0 Å². The molecule has 1 N–H and O–H groups in total. The number of halogens is 3. The lowest BCUT2D eigenvalue weighted by Gasteiger charge is -2.13. The van der Waals surface area contributed by atoms with Crippen molar-refractivity contribution < 1.29 is 22.7 Å². The Balaban J connectivity index is 2.16. The van der Waals surface area contributed by atoms with E-state index in [1.807, 2.05) is 13.8 Å². The molecule has 0 saturated heterocycles. The third-order valence-corrected chi connectivity index (χ3v) is 3.78. The number of hydrogen-bond donors (Lipinski definition) is 1. The van der Waals surface area contributed by atoms with Crippen LogP contribution in [0.5, 0.6) is 5.75 Å². The molecule has 0 fully saturated rings. The van der Waals surface area contributed by atoms with Crippen LogP contribution >= 0.6 is 11.3 Å². The molecule has 1 heterocycles. The van der Waals surface area contributed by atoms with Crippen LogP contribution in [0.15, 0.2) is 30.3 Å². The topological polar surface area (TPSA) is 38.3 Å². The first-order chi connectivity index (χ1) is 10.3. The van der Waals surface area contributed by atoms with E-state index in [4.69, 9.17) is 4.74 Å². The van der Waals surface area contributed by atoms with E-state index in [9.17, 15) is 18.0 Å². The van der Waals surface area contributed by atoms with E-state index < -0.39 is 12.8 Å². The maximum atomic E-state index is 12.2. The number of benzene rings is 1. The lowest BCUT2D eigenvalue weighted by Crippen LogP contribution is -2.20. The van der Waals surface area contributed by atoms with Crippen molar-refractivity contribution in [3.8, 4) is 5.75 Å². The Bertz CT molecular complexity index is 680. The Kier molecular flexibility index (Phi) is 4.75. The lowest BCUT2D eigenvalue weighted by atomic mass is 10.2. The zero-order valence-corrected chi connectivity index (χ0v) is 12.8. The van der Waals surface area contributed by atoms with Gasteiger partial charge in [-0.3, -0.25) is 4.79 Å². The standard InChI is InChI=1S/C15H14F3NO2S/c1-9-7-11(10(2)22-9)14(20)19-12-5-3-4-6-13(12)21-8-15(16,17)18/h3-7H,8H2,1-2H3,(H,19,20). The van der Waals surface area contributed by atoms with Crippen LogP contribution in [0.25, 0.3) is 0 Å². The van der Waals surface area contributed by atoms with Gasteiger partial charge >= 0.3 is 6.18 Å². The molecule has 0 unspecified atom stereocenters. The molecule has 0 aliphatic heterocycles. The summed E-state index contributed by atoms with van der Waals surface area (Å²) in [5, 5.41) is 2.59. The summed E-state index contributed by atoms with van der Waals surface area (Å²) < 4.78 is 41.5. The summed E-state index contributed by atoms with van der Waals surface area (Å²) in [5.41, 5.74) is 0.716. The molecule has 2 rings (SSSR count). The second-order valence-corrected chi connectivity index (χ2v) is 6.14. The predicted octanol–water partition coefficient (Wildman–Crippen LogP) is 4.56. The van der Waals surface area contributed by atoms with Gasteiger partial charge in [-0.2, -0.15) is 13.2 Å². The number of thiophene rings is 1. The zero-order valence-electron chi connectivity index (χ0n) is 12.0. The summed E-state index contributed by atoms with van der Waals surface area (Å²) >= 11 is 1.49. The number of hydrogen-bond acceptors (Lipinski definition) is 3. The normalized spacial score (nSPS) is 11.3. The van der Waals surface area contributed by atoms with Crippen LogP contribution in [-0.4, -0.2) is 18.7 Å². The van der Waals surface area contributed by atoms with E-state index in [0.717, 1.165) is 9.75 Å². The highest BCUT2D eigenvalue weighted by Crippen LogP contribution is 2.28. The highest BCUT2D eigenvalue weighted by molar-refractivity contribution is 7.12. The SMILES string of the molecule is Cc1cc(C(=O)Nc2ccccc2OCC(F)(F)F)c(C)s1. The van der Waals surface area contributed by atoms with Crippen LogP contribution in [0, 0.1) is 13.8 Å². The van der Waals surface area contributed by atoms with E-state index in [-0.39, 0.29) is 17.3 Å². The van der Waals surface area contributed by atoms with Crippen molar-refractivity contribution in [1.82, 2.24) is 0 Å². The third-order valence-electron chi connectivity index (χ3n) is 2.81. The molecule has 3 nitrogen and oxygen atoms in total. The van der Waals surface area contributed by atoms with Crippen LogP contribution in [0.3, 0.4) is 0 Å². The minimum absolute atomic E-state index is 0.0159. The molecule has 0 atom stereocenters.